The summed E-state index contributed by atoms with van der Waals surface area (Å²) in [6.07, 6.45) is 2.60. The van der Waals surface area contributed by atoms with Crippen molar-refractivity contribution in [3.05, 3.63) is 11.3 Å². The maximum Gasteiger partial charge on any atom is 0.267 e. The lowest BCUT2D eigenvalue weighted by atomic mass is 9.85. The molecule has 0 aliphatic heterocycles. The number of hydrogen-bond donors (Lipinski definition) is 3. The Labute approximate surface area is 288 Å². The topological polar surface area (TPSA) is 207 Å². The van der Waals surface area contributed by atoms with Gasteiger partial charge < -0.3 is 5.32 Å². The molecule has 2 fully saturated rings. The predicted octanol–water partition coefficient (Wildman–Crippen LogP) is 4.75. The Morgan fingerprint density at radius 1 is 1.13 bits per heavy atom. The second-order valence-electron chi connectivity index (χ2n) is 13.9. The van der Waals surface area contributed by atoms with Crippen LogP contribution in [0.4, 0.5) is 5.82 Å². The number of amides is 1. The Morgan fingerprint density at radius 3 is 2.23 bits per heavy atom. The van der Waals surface area contributed by atoms with Gasteiger partial charge in [-0.3, -0.25) is 18.8 Å². The number of nitrogens with one attached hydrogen (secondary N) is 1. The first-order chi connectivity index (χ1) is 21.6. The number of unbranched alkanes of at least 4 members (excludes halogenated alkanes) is 1. The monoisotopic (exact) mass is 739 g/mol. The first-order valence-corrected chi connectivity index (χ1v) is 19.8. The molecule has 3 rings (SSSR count). The second kappa shape index (κ2) is 15.8. The van der Waals surface area contributed by atoms with E-state index in [0.29, 0.717) is 37.9 Å². The summed E-state index contributed by atoms with van der Waals surface area (Å²) in [4.78, 5) is 14.5. The van der Waals surface area contributed by atoms with Crippen LogP contribution >= 0.6 is 23.2 Å². The summed E-state index contributed by atoms with van der Waals surface area (Å²) >= 11 is 13.4. The Bertz CT molecular complexity index is 1540. The van der Waals surface area contributed by atoms with Crippen molar-refractivity contribution in [3.8, 4) is 6.07 Å². The number of hydrogen-bond acceptors (Lipinski definition) is 10. The van der Waals surface area contributed by atoms with E-state index in [0.717, 1.165) is 6.42 Å². The van der Waals surface area contributed by atoms with E-state index in [-0.39, 0.29) is 54.0 Å². The number of rotatable bonds is 12. The van der Waals surface area contributed by atoms with E-state index in [9.17, 15) is 31.4 Å². The summed E-state index contributed by atoms with van der Waals surface area (Å²) in [7, 11) is -8.40. The van der Waals surface area contributed by atoms with Crippen LogP contribution in [0.3, 0.4) is 0 Å². The summed E-state index contributed by atoms with van der Waals surface area (Å²) in [6, 6.07) is 0.845. The zero-order valence-electron chi connectivity index (χ0n) is 27.7. The third-order valence-electron chi connectivity index (χ3n) is 8.80. The molecule has 0 spiro atoms. The third-order valence-corrected chi connectivity index (χ3v) is 11.7. The molecule has 2 saturated carbocycles. The van der Waals surface area contributed by atoms with Crippen LogP contribution in [0.25, 0.3) is 0 Å². The number of halogens is 2. The third kappa shape index (κ3) is 10.6. The number of carbonyl (C=O) groups is 1. The van der Waals surface area contributed by atoms with Gasteiger partial charge in [-0.2, -0.15) is 32.3 Å². The quantitative estimate of drug-likeness (QED) is 0.116. The van der Waals surface area contributed by atoms with Crippen LogP contribution < -0.4 is 5.32 Å². The van der Waals surface area contributed by atoms with Crippen molar-refractivity contribution in [2.45, 2.75) is 138 Å². The fraction of sp³-hybridized carbons (Fsp3) is 0.828. The summed E-state index contributed by atoms with van der Waals surface area (Å²) in [5, 5.41) is 24.4. The number of carbonyl (C=O) groups excluding carboxylic acids is 1. The molecule has 18 heteroatoms. The minimum absolute atomic E-state index is 0.0729. The van der Waals surface area contributed by atoms with Crippen molar-refractivity contribution in [1.29, 1.82) is 5.26 Å². The molecule has 0 radical (unpaired) electrons. The van der Waals surface area contributed by atoms with E-state index in [4.69, 9.17) is 32.9 Å². The predicted molar refractivity (Wildman–Crippen MR) is 180 cm³/mol. The lowest BCUT2D eigenvalue weighted by Crippen LogP contribution is -2.52. The van der Waals surface area contributed by atoms with Crippen LogP contribution in [0.1, 0.15) is 104 Å². The Kier molecular flexibility index (Phi) is 13.3. The molecule has 5 unspecified atom stereocenters. The van der Waals surface area contributed by atoms with Gasteiger partial charge in [-0.05, 0) is 65.3 Å². The number of aromatic nitrogens is 2. The van der Waals surface area contributed by atoms with Gasteiger partial charge in [0, 0.05) is 24.4 Å². The molecule has 2 aliphatic rings. The molecular formula is C29H47Cl2N7O7S2. The fourth-order valence-electron chi connectivity index (χ4n) is 6.57. The van der Waals surface area contributed by atoms with Gasteiger partial charge >= 0.3 is 0 Å². The van der Waals surface area contributed by atoms with Crippen molar-refractivity contribution >= 4 is 55.2 Å². The van der Waals surface area contributed by atoms with Crippen LogP contribution in [0.15, 0.2) is 10.2 Å². The second-order valence-corrected chi connectivity index (χ2v) is 18.3. The van der Waals surface area contributed by atoms with Crippen molar-refractivity contribution in [1.82, 2.24) is 20.0 Å². The standard InChI is InChI=1S/C29H47Cl2N7O7S2/c1-17(2)37(11-7-8-12-46(40,41)42)19-9-10-24(25(13-19)33-18(3)39)34-35-28-21(16-32)27(29(4,5)6)36-38(28)26-22(30)14-20(15-23(26)31)47(43,44)45/h17,19-20,22-26H,7-15H2,1-6H3,(H,33,39)(H,40,41,42)(H,43,44,45). The Hall–Kier alpha value is -1.87. The minimum Gasteiger partial charge on any atom is -0.351 e. The highest BCUT2D eigenvalue weighted by atomic mass is 35.5. The van der Waals surface area contributed by atoms with Gasteiger partial charge in [0.1, 0.15) is 11.6 Å². The van der Waals surface area contributed by atoms with Gasteiger partial charge in [0.05, 0.1) is 45.6 Å². The molecule has 2 aliphatic carbocycles. The molecule has 0 bridgehead atoms. The molecule has 5 atom stereocenters. The van der Waals surface area contributed by atoms with Crippen LogP contribution in [-0.2, 0) is 30.4 Å². The fourth-order valence-corrected chi connectivity index (χ4v) is 9.32. The molecule has 1 heterocycles. The van der Waals surface area contributed by atoms with Gasteiger partial charge in [-0.15, -0.1) is 28.3 Å². The van der Waals surface area contributed by atoms with Gasteiger partial charge in [-0.1, -0.05) is 20.8 Å². The van der Waals surface area contributed by atoms with Crippen molar-refractivity contribution in [3.63, 3.8) is 0 Å². The molecule has 1 aromatic heterocycles. The highest BCUT2D eigenvalue weighted by Crippen LogP contribution is 2.43. The smallest absolute Gasteiger partial charge is 0.267 e. The van der Waals surface area contributed by atoms with Gasteiger partial charge in [0.15, 0.2) is 5.82 Å². The average molecular weight is 741 g/mol. The van der Waals surface area contributed by atoms with Crippen LogP contribution in [0.5, 0.6) is 0 Å². The summed E-state index contributed by atoms with van der Waals surface area (Å²) in [5.41, 5.74) is 0.0580. The first-order valence-electron chi connectivity index (χ1n) is 15.8. The van der Waals surface area contributed by atoms with Crippen molar-refractivity contribution in [2.24, 2.45) is 10.2 Å². The average Bonchev–Trinajstić information content (AvgIpc) is 3.29. The van der Waals surface area contributed by atoms with Crippen LogP contribution in [0.2, 0.25) is 0 Å². The summed E-state index contributed by atoms with van der Waals surface area (Å²) in [5.74, 6) is -0.394. The first kappa shape index (κ1) is 39.6. The van der Waals surface area contributed by atoms with E-state index in [1.807, 2.05) is 20.8 Å². The molecule has 0 saturated heterocycles. The van der Waals surface area contributed by atoms with Crippen molar-refractivity contribution < 1.29 is 30.7 Å². The van der Waals surface area contributed by atoms with Gasteiger partial charge in [-0.25, -0.2) is 4.68 Å². The minimum atomic E-state index is -4.37. The zero-order valence-corrected chi connectivity index (χ0v) is 30.8. The van der Waals surface area contributed by atoms with Crippen LogP contribution in [0, 0.1) is 11.3 Å². The lowest BCUT2D eigenvalue weighted by molar-refractivity contribution is -0.120. The molecule has 47 heavy (non-hydrogen) atoms. The van der Waals surface area contributed by atoms with Gasteiger partial charge in [0.2, 0.25) is 5.91 Å². The molecule has 3 N–H and O–H groups in total. The summed E-state index contributed by atoms with van der Waals surface area (Å²) in [6.45, 7) is 11.8. The highest BCUT2D eigenvalue weighted by Gasteiger charge is 2.44. The van der Waals surface area contributed by atoms with Gasteiger partial charge in [0.25, 0.3) is 20.2 Å². The molecule has 1 aromatic rings. The normalized spacial score (nSPS) is 27.8. The maximum absolute atomic E-state index is 12.3. The number of nitrogens with zero attached hydrogens (tertiary/aromatic N) is 6. The molecule has 1 amide bonds. The van der Waals surface area contributed by atoms with E-state index < -0.39 is 53.7 Å². The molecule has 0 aromatic carbocycles. The Morgan fingerprint density at radius 2 is 1.74 bits per heavy atom. The van der Waals surface area contributed by atoms with E-state index in [2.05, 4.69) is 40.4 Å². The maximum atomic E-state index is 12.3. The zero-order chi connectivity index (χ0) is 35.5. The molecular weight excluding hydrogens is 693 g/mol. The van der Waals surface area contributed by atoms with Crippen molar-refractivity contribution in [2.75, 3.05) is 12.3 Å². The molecule has 14 nitrogen and oxygen atoms in total. The lowest BCUT2D eigenvalue weighted by Gasteiger charge is -2.42. The van der Waals surface area contributed by atoms with Crippen LogP contribution in [-0.4, -0.2) is 99.0 Å². The molecule has 266 valence electrons. The summed E-state index contributed by atoms with van der Waals surface area (Å²) < 4.78 is 66.3. The largest absolute Gasteiger partial charge is 0.351 e. The van der Waals surface area contributed by atoms with E-state index in [1.54, 1.807) is 0 Å². The van der Waals surface area contributed by atoms with E-state index >= 15 is 0 Å². The number of alkyl halides is 2. The highest BCUT2D eigenvalue weighted by molar-refractivity contribution is 7.86. The van der Waals surface area contributed by atoms with E-state index in [1.165, 1.54) is 11.6 Å². The Balaban J connectivity index is 1.94. The number of nitriles is 1. The SMILES string of the molecule is CC(=O)NC1CC(N(CCCCS(=O)(=O)O)C(C)C)CCC1N=Nc1c(C#N)c(C(C)(C)C)nn1C1C(Cl)CC(S(=O)(=O)O)CC1Cl. The number of azo groups is 1.